The Balaban J connectivity index is 1.57. The standard InChI is InChI=1S/C25H25Cl2N3O3S/c1-25(29-24(31)32)10-12-30(13-11-25)18-14-20(33-16-17-6-3-2-4-7-17)23(28-15-18)34-21-9-5-8-19(26)22(21)27/h2-9,14-15,29H,10-13,16H2,1H3,(H,31,32). The van der Waals surface area contributed by atoms with Crippen LogP contribution in [0.25, 0.3) is 0 Å². The van der Waals surface area contributed by atoms with Gasteiger partial charge in [-0.15, -0.1) is 0 Å². The SMILES string of the molecule is CC1(NC(=O)O)CCN(c2cnc(Sc3cccc(Cl)c3Cl)c(OCc3ccccc3)c2)CC1. The van der Waals surface area contributed by atoms with Crippen molar-refractivity contribution in [1.82, 2.24) is 10.3 Å². The number of nitrogens with one attached hydrogen (secondary N) is 1. The molecule has 1 aliphatic heterocycles. The number of pyridine rings is 1. The maximum atomic E-state index is 11.1. The molecule has 0 radical (unpaired) electrons. The Hall–Kier alpha value is -2.61. The molecule has 4 rings (SSSR count). The molecule has 2 aromatic carbocycles. The quantitative estimate of drug-likeness (QED) is 0.361. The van der Waals surface area contributed by atoms with Crippen LogP contribution in [-0.4, -0.2) is 34.8 Å². The van der Waals surface area contributed by atoms with E-state index in [1.54, 1.807) is 6.07 Å². The lowest BCUT2D eigenvalue weighted by Gasteiger charge is -2.40. The van der Waals surface area contributed by atoms with E-state index in [1.165, 1.54) is 11.8 Å². The average Bonchev–Trinajstić information content (AvgIpc) is 2.82. The van der Waals surface area contributed by atoms with E-state index >= 15 is 0 Å². The summed E-state index contributed by atoms with van der Waals surface area (Å²) in [4.78, 5) is 18.8. The number of rotatable bonds is 7. The van der Waals surface area contributed by atoms with Gasteiger partial charge in [0.25, 0.3) is 0 Å². The summed E-state index contributed by atoms with van der Waals surface area (Å²) in [5.74, 6) is 0.652. The molecule has 6 nitrogen and oxygen atoms in total. The van der Waals surface area contributed by atoms with Gasteiger partial charge < -0.3 is 20.1 Å². The Morgan fingerprint density at radius 2 is 1.91 bits per heavy atom. The molecule has 1 aliphatic rings. The molecule has 0 spiro atoms. The summed E-state index contributed by atoms with van der Waals surface area (Å²) in [6.45, 7) is 3.77. The number of anilines is 1. The van der Waals surface area contributed by atoms with Gasteiger partial charge in [-0.05, 0) is 37.5 Å². The number of piperidine rings is 1. The zero-order valence-corrected chi connectivity index (χ0v) is 21.0. The Labute approximate surface area is 213 Å². The second-order valence-corrected chi connectivity index (χ2v) is 10.2. The largest absolute Gasteiger partial charge is 0.486 e. The van der Waals surface area contributed by atoms with Gasteiger partial charge in [-0.1, -0.05) is 71.4 Å². The molecule has 1 amide bonds. The van der Waals surface area contributed by atoms with E-state index in [0.717, 1.165) is 16.1 Å². The van der Waals surface area contributed by atoms with Gasteiger partial charge in [0.15, 0.2) is 5.75 Å². The maximum absolute atomic E-state index is 11.1. The molecular weight excluding hydrogens is 493 g/mol. The molecule has 0 atom stereocenters. The summed E-state index contributed by atoms with van der Waals surface area (Å²) in [5, 5.41) is 13.4. The summed E-state index contributed by atoms with van der Waals surface area (Å²) in [5.41, 5.74) is 1.56. The Bertz CT molecular complexity index is 1160. The Morgan fingerprint density at radius 1 is 1.18 bits per heavy atom. The van der Waals surface area contributed by atoms with Crippen LogP contribution in [-0.2, 0) is 6.61 Å². The number of halogens is 2. The van der Waals surface area contributed by atoms with Crippen LogP contribution in [0.3, 0.4) is 0 Å². The van der Waals surface area contributed by atoms with E-state index in [0.29, 0.717) is 53.4 Å². The predicted octanol–water partition coefficient (Wildman–Crippen LogP) is 6.75. The number of aromatic nitrogens is 1. The van der Waals surface area contributed by atoms with Crippen LogP contribution in [0.15, 0.2) is 70.7 Å². The summed E-state index contributed by atoms with van der Waals surface area (Å²) >= 11 is 14.0. The molecule has 3 aromatic rings. The van der Waals surface area contributed by atoms with Crippen LogP contribution in [0.2, 0.25) is 10.0 Å². The zero-order chi connectivity index (χ0) is 24.1. The van der Waals surface area contributed by atoms with Crippen molar-refractivity contribution in [3.63, 3.8) is 0 Å². The van der Waals surface area contributed by atoms with E-state index in [1.807, 2.05) is 61.7 Å². The average molecular weight is 518 g/mol. The van der Waals surface area contributed by atoms with Gasteiger partial charge in [-0.25, -0.2) is 9.78 Å². The van der Waals surface area contributed by atoms with Gasteiger partial charge in [0.2, 0.25) is 0 Å². The topological polar surface area (TPSA) is 74.7 Å². The van der Waals surface area contributed by atoms with Crippen molar-refractivity contribution in [2.24, 2.45) is 0 Å². The second-order valence-electron chi connectivity index (χ2n) is 8.40. The van der Waals surface area contributed by atoms with Crippen LogP contribution in [0.4, 0.5) is 10.5 Å². The molecule has 2 heterocycles. The summed E-state index contributed by atoms with van der Waals surface area (Å²) in [6, 6.07) is 17.4. The Kier molecular flexibility index (Phi) is 7.76. The summed E-state index contributed by atoms with van der Waals surface area (Å²) in [7, 11) is 0. The van der Waals surface area contributed by atoms with Crippen molar-refractivity contribution in [3.8, 4) is 5.75 Å². The fraction of sp³-hybridized carbons (Fsp3) is 0.280. The maximum Gasteiger partial charge on any atom is 0.405 e. The molecule has 0 bridgehead atoms. The molecule has 0 unspecified atom stereocenters. The zero-order valence-electron chi connectivity index (χ0n) is 18.6. The van der Waals surface area contributed by atoms with Crippen LogP contribution < -0.4 is 15.0 Å². The lowest BCUT2D eigenvalue weighted by Crippen LogP contribution is -2.53. The minimum Gasteiger partial charge on any atom is -0.486 e. The monoisotopic (exact) mass is 517 g/mol. The highest BCUT2D eigenvalue weighted by Gasteiger charge is 2.32. The molecule has 0 aliphatic carbocycles. The van der Waals surface area contributed by atoms with Gasteiger partial charge in [0.1, 0.15) is 11.6 Å². The van der Waals surface area contributed by atoms with E-state index in [-0.39, 0.29) is 0 Å². The van der Waals surface area contributed by atoms with Crippen LogP contribution in [0, 0.1) is 0 Å². The van der Waals surface area contributed by atoms with Crippen molar-refractivity contribution in [2.45, 2.75) is 41.8 Å². The second kappa shape index (κ2) is 10.8. The molecule has 1 saturated heterocycles. The smallest absolute Gasteiger partial charge is 0.405 e. The molecular formula is C25H25Cl2N3O3S. The first kappa shape index (κ1) is 24.5. The number of carbonyl (C=O) groups is 1. The first-order chi connectivity index (χ1) is 16.3. The fourth-order valence-electron chi connectivity index (χ4n) is 3.82. The molecule has 1 aromatic heterocycles. The van der Waals surface area contributed by atoms with Gasteiger partial charge in [0.05, 0.1) is 21.9 Å². The highest BCUT2D eigenvalue weighted by Crippen LogP contribution is 2.41. The van der Waals surface area contributed by atoms with Crippen molar-refractivity contribution in [2.75, 3.05) is 18.0 Å². The van der Waals surface area contributed by atoms with Crippen LogP contribution in [0.5, 0.6) is 5.75 Å². The van der Waals surface area contributed by atoms with Gasteiger partial charge in [-0.2, -0.15) is 0 Å². The molecule has 0 saturated carbocycles. The number of amides is 1. The van der Waals surface area contributed by atoms with Crippen molar-refractivity contribution >= 4 is 46.7 Å². The number of nitrogens with zero attached hydrogens (tertiary/aromatic N) is 2. The molecule has 2 N–H and O–H groups in total. The predicted molar refractivity (Wildman–Crippen MR) is 137 cm³/mol. The third kappa shape index (κ3) is 6.09. The van der Waals surface area contributed by atoms with Gasteiger partial charge in [0, 0.05) is 29.6 Å². The highest BCUT2D eigenvalue weighted by molar-refractivity contribution is 7.99. The summed E-state index contributed by atoms with van der Waals surface area (Å²) in [6.07, 6.45) is 2.24. The lowest BCUT2D eigenvalue weighted by atomic mass is 9.89. The van der Waals surface area contributed by atoms with E-state index in [2.05, 4.69) is 10.2 Å². The third-order valence-electron chi connectivity index (χ3n) is 5.80. The van der Waals surface area contributed by atoms with Crippen LogP contribution in [0.1, 0.15) is 25.3 Å². The number of ether oxygens (including phenoxy) is 1. The molecule has 9 heteroatoms. The minimum atomic E-state index is -0.990. The van der Waals surface area contributed by atoms with E-state index in [4.69, 9.17) is 38.0 Å². The number of benzene rings is 2. The third-order valence-corrected chi connectivity index (χ3v) is 7.80. The van der Waals surface area contributed by atoms with Crippen molar-refractivity contribution in [1.29, 1.82) is 0 Å². The number of hydrogen-bond acceptors (Lipinski definition) is 5. The highest BCUT2D eigenvalue weighted by atomic mass is 35.5. The number of hydrogen-bond donors (Lipinski definition) is 2. The first-order valence-electron chi connectivity index (χ1n) is 10.9. The molecule has 34 heavy (non-hydrogen) atoms. The lowest BCUT2D eigenvalue weighted by molar-refractivity contribution is 0.173. The van der Waals surface area contributed by atoms with E-state index in [9.17, 15) is 4.79 Å². The fourth-order valence-corrected chi connectivity index (χ4v) is 5.17. The molecule has 178 valence electrons. The van der Waals surface area contributed by atoms with Crippen LogP contribution >= 0.6 is 35.0 Å². The Morgan fingerprint density at radius 3 is 2.62 bits per heavy atom. The van der Waals surface area contributed by atoms with Gasteiger partial charge in [-0.3, -0.25) is 0 Å². The normalized spacial score (nSPS) is 15.1. The minimum absolute atomic E-state index is 0.406. The first-order valence-corrected chi connectivity index (χ1v) is 12.4. The van der Waals surface area contributed by atoms with E-state index < -0.39 is 11.6 Å². The van der Waals surface area contributed by atoms with Gasteiger partial charge >= 0.3 is 6.09 Å². The molecule has 1 fully saturated rings. The number of carboxylic acid groups (broad SMARTS) is 1. The van der Waals surface area contributed by atoms with Crippen molar-refractivity contribution < 1.29 is 14.6 Å². The van der Waals surface area contributed by atoms with Crippen molar-refractivity contribution in [3.05, 3.63) is 76.4 Å². The summed E-state index contributed by atoms with van der Waals surface area (Å²) < 4.78 is 6.21.